The number of benzene rings is 2. The molecule has 0 saturated carbocycles. The first-order valence-electron chi connectivity index (χ1n) is 8.00. The zero-order valence-electron chi connectivity index (χ0n) is 14.4. The minimum atomic E-state index is -3.65. The smallest absolute Gasteiger partial charge is 0.263 e. The van der Waals surface area contributed by atoms with Crippen molar-refractivity contribution in [3.05, 3.63) is 77.4 Å². The number of rotatable bonds is 4. The van der Waals surface area contributed by atoms with Crippen molar-refractivity contribution in [3.63, 3.8) is 0 Å². The van der Waals surface area contributed by atoms with Gasteiger partial charge in [0.05, 0.1) is 10.6 Å². The SMILES string of the molecule is Cc1ccc(-c2nc(NS(=O)(=O)c3ccccc3)ccc2C)c(C)c1. The molecule has 25 heavy (non-hydrogen) atoms. The maximum Gasteiger partial charge on any atom is 0.263 e. The highest BCUT2D eigenvalue weighted by atomic mass is 32.2. The number of anilines is 1. The summed E-state index contributed by atoms with van der Waals surface area (Å²) in [6, 6.07) is 18.0. The predicted octanol–water partition coefficient (Wildman–Crippen LogP) is 4.47. The molecule has 0 saturated heterocycles. The van der Waals surface area contributed by atoms with Crippen LogP contribution in [0.1, 0.15) is 16.7 Å². The van der Waals surface area contributed by atoms with Crippen molar-refractivity contribution in [1.82, 2.24) is 4.98 Å². The van der Waals surface area contributed by atoms with Crippen molar-refractivity contribution in [2.75, 3.05) is 4.72 Å². The number of pyridine rings is 1. The Kier molecular flexibility index (Phi) is 4.59. The van der Waals surface area contributed by atoms with Crippen LogP contribution in [0.25, 0.3) is 11.3 Å². The van der Waals surface area contributed by atoms with Gasteiger partial charge in [0.1, 0.15) is 5.82 Å². The highest BCUT2D eigenvalue weighted by Crippen LogP contribution is 2.27. The molecule has 1 heterocycles. The van der Waals surface area contributed by atoms with E-state index in [1.54, 1.807) is 36.4 Å². The Morgan fingerprint density at radius 3 is 2.24 bits per heavy atom. The van der Waals surface area contributed by atoms with Gasteiger partial charge in [-0.2, -0.15) is 0 Å². The first-order valence-corrected chi connectivity index (χ1v) is 9.48. The summed E-state index contributed by atoms with van der Waals surface area (Å²) in [5, 5.41) is 0. The maximum absolute atomic E-state index is 12.5. The molecule has 2 aromatic carbocycles. The molecular weight excluding hydrogens is 332 g/mol. The number of aromatic nitrogens is 1. The van der Waals surface area contributed by atoms with Crippen LogP contribution < -0.4 is 4.72 Å². The van der Waals surface area contributed by atoms with Crippen LogP contribution in [0.3, 0.4) is 0 Å². The van der Waals surface area contributed by atoms with Gasteiger partial charge in [0.2, 0.25) is 0 Å². The van der Waals surface area contributed by atoms with E-state index in [0.29, 0.717) is 5.82 Å². The van der Waals surface area contributed by atoms with Gasteiger partial charge in [-0.3, -0.25) is 4.72 Å². The second-order valence-corrected chi connectivity index (χ2v) is 7.78. The summed E-state index contributed by atoms with van der Waals surface area (Å²) in [4.78, 5) is 4.77. The lowest BCUT2D eigenvalue weighted by atomic mass is 10.00. The Bertz CT molecular complexity index is 1010. The van der Waals surface area contributed by atoms with E-state index >= 15 is 0 Å². The third kappa shape index (κ3) is 3.72. The Labute approximate surface area is 148 Å². The van der Waals surface area contributed by atoms with Crippen LogP contribution in [0.4, 0.5) is 5.82 Å². The van der Waals surface area contributed by atoms with E-state index < -0.39 is 10.0 Å². The predicted molar refractivity (Wildman–Crippen MR) is 101 cm³/mol. The number of nitrogens with one attached hydrogen (secondary N) is 1. The normalized spacial score (nSPS) is 11.3. The molecule has 1 N–H and O–H groups in total. The molecule has 0 atom stereocenters. The van der Waals surface area contributed by atoms with Crippen LogP contribution in [0.15, 0.2) is 65.6 Å². The zero-order valence-corrected chi connectivity index (χ0v) is 15.3. The highest BCUT2D eigenvalue weighted by molar-refractivity contribution is 7.92. The fraction of sp³-hybridized carbons (Fsp3) is 0.150. The summed E-state index contributed by atoms with van der Waals surface area (Å²) in [5.74, 6) is 0.310. The maximum atomic E-state index is 12.5. The lowest BCUT2D eigenvalue weighted by Crippen LogP contribution is -2.14. The Hall–Kier alpha value is -2.66. The van der Waals surface area contributed by atoms with Crippen molar-refractivity contribution >= 4 is 15.8 Å². The van der Waals surface area contributed by atoms with E-state index in [2.05, 4.69) is 15.8 Å². The summed E-state index contributed by atoms with van der Waals surface area (Å²) in [6.07, 6.45) is 0. The van der Waals surface area contributed by atoms with Crippen LogP contribution in [-0.4, -0.2) is 13.4 Å². The van der Waals surface area contributed by atoms with Crippen molar-refractivity contribution in [3.8, 4) is 11.3 Å². The molecule has 0 radical (unpaired) electrons. The molecule has 3 aromatic rings. The summed E-state index contributed by atoms with van der Waals surface area (Å²) < 4.78 is 27.6. The summed E-state index contributed by atoms with van der Waals surface area (Å²) in [6.45, 7) is 6.04. The van der Waals surface area contributed by atoms with Gasteiger partial charge in [0, 0.05) is 5.56 Å². The summed E-state index contributed by atoms with van der Waals surface area (Å²) in [5.41, 5.74) is 5.07. The van der Waals surface area contributed by atoms with Crippen molar-refractivity contribution in [2.24, 2.45) is 0 Å². The summed E-state index contributed by atoms with van der Waals surface area (Å²) in [7, 11) is -3.65. The third-order valence-corrected chi connectivity index (χ3v) is 5.40. The van der Waals surface area contributed by atoms with Gasteiger partial charge < -0.3 is 0 Å². The van der Waals surface area contributed by atoms with Crippen LogP contribution in [0, 0.1) is 20.8 Å². The summed E-state index contributed by atoms with van der Waals surface area (Å²) >= 11 is 0. The quantitative estimate of drug-likeness (QED) is 0.753. The molecule has 3 rings (SSSR count). The highest BCUT2D eigenvalue weighted by Gasteiger charge is 2.15. The molecule has 0 fully saturated rings. The van der Waals surface area contributed by atoms with Gasteiger partial charge in [-0.15, -0.1) is 0 Å². The minimum Gasteiger partial charge on any atom is -0.263 e. The van der Waals surface area contributed by atoms with Crippen LogP contribution >= 0.6 is 0 Å². The molecule has 1 aromatic heterocycles. The second-order valence-electron chi connectivity index (χ2n) is 6.10. The molecule has 0 spiro atoms. The second kappa shape index (κ2) is 6.69. The lowest BCUT2D eigenvalue weighted by molar-refractivity contribution is 0.601. The van der Waals surface area contributed by atoms with Gasteiger partial charge in [0.25, 0.3) is 10.0 Å². The van der Waals surface area contributed by atoms with E-state index in [1.165, 1.54) is 5.56 Å². The number of hydrogen-bond donors (Lipinski definition) is 1. The molecule has 0 aliphatic heterocycles. The first-order chi connectivity index (χ1) is 11.9. The van der Waals surface area contributed by atoms with Crippen LogP contribution in [0.2, 0.25) is 0 Å². The standard InChI is InChI=1S/C20H20N2O2S/c1-14-9-11-18(16(3)13-14)20-15(2)10-12-19(21-20)22-25(23,24)17-7-5-4-6-8-17/h4-13H,1-3H3,(H,21,22). The van der Waals surface area contributed by atoms with E-state index in [4.69, 9.17) is 0 Å². The van der Waals surface area contributed by atoms with Gasteiger partial charge >= 0.3 is 0 Å². The largest absolute Gasteiger partial charge is 0.263 e. The number of sulfonamides is 1. The van der Waals surface area contributed by atoms with Gasteiger partial charge in [-0.05, 0) is 50.1 Å². The molecule has 0 bridgehead atoms. The Morgan fingerprint density at radius 2 is 1.56 bits per heavy atom. The van der Waals surface area contributed by atoms with E-state index in [9.17, 15) is 8.42 Å². The molecule has 4 nitrogen and oxygen atoms in total. The average molecular weight is 352 g/mol. The van der Waals surface area contributed by atoms with Crippen molar-refractivity contribution in [2.45, 2.75) is 25.7 Å². The van der Waals surface area contributed by atoms with E-state index in [-0.39, 0.29) is 4.90 Å². The Morgan fingerprint density at radius 1 is 0.840 bits per heavy atom. The van der Waals surface area contributed by atoms with Crippen molar-refractivity contribution < 1.29 is 8.42 Å². The van der Waals surface area contributed by atoms with Gasteiger partial charge in [-0.25, -0.2) is 13.4 Å². The average Bonchev–Trinajstić information content (AvgIpc) is 2.58. The van der Waals surface area contributed by atoms with E-state index in [0.717, 1.165) is 22.4 Å². The fourth-order valence-electron chi connectivity index (χ4n) is 2.73. The van der Waals surface area contributed by atoms with Gasteiger partial charge in [-0.1, -0.05) is 48.0 Å². The zero-order chi connectivity index (χ0) is 18.0. The minimum absolute atomic E-state index is 0.213. The number of aryl methyl sites for hydroxylation is 3. The molecule has 0 aliphatic carbocycles. The van der Waals surface area contributed by atoms with Crippen LogP contribution in [-0.2, 0) is 10.0 Å². The van der Waals surface area contributed by atoms with E-state index in [1.807, 2.05) is 39.0 Å². The molecular formula is C20H20N2O2S. The molecule has 128 valence electrons. The third-order valence-electron chi connectivity index (χ3n) is 4.03. The lowest BCUT2D eigenvalue weighted by Gasteiger charge is -2.13. The van der Waals surface area contributed by atoms with Gasteiger partial charge in [0.15, 0.2) is 0 Å². The fourth-order valence-corrected chi connectivity index (χ4v) is 3.76. The first kappa shape index (κ1) is 17.2. The number of nitrogens with zero attached hydrogens (tertiary/aromatic N) is 1. The molecule has 0 unspecified atom stereocenters. The molecule has 0 amide bonds. The van der Waals surface area contributed by atoms with Crippen molar-refractivity contribution in [1.29, 1.82) is 0 Å². The number of hydrogen-bond acceptors (Lipinski definition) is 3. The Balaban J connectivity index is 2.00. The van der Waals surface area contributed by atoms with Crippen LogP contribution in [0.5, 0.6) is 0 Å². The molecule has 0 aliphatic rings. The monoisotopic (exact) mass is 352 g/mol. The molecule has 5 heteroatoms. The topological polar surface area (TPSA) is 59.1 Å².